The normalized spacial score (nSPS) is 11.4. The summed E-state index contributed by atoms with van der Waals surface area (Å²) in [6, 6.07) is 6.25. The van der Waals surface area contributed by atoms with Gasteiger partial charge in [-0.1, -0.05) is 12.1 Å². The van der Waals surface area contributed by atoms with Crippen molar-refractivity contribution in [1.29, 1.82) is 0 Å². The number of imidazole rings is 1. The van der Waals surface area contributed by atoms with Gasteiger partial charge in [0.2, 0.25) is 5.82 Å². The van der Waals surface area contributed by atoms with Crippen molar-refractivity contribution in [3.05, 3.63) is 53.6 Å². The van der Waals surface area contributed by atoms with E-state index in [4.69, 9.17) is 0 Å². The van der Waals surface area contributed by atoms with Gasteiger partial charge in [0.1, 0.15) is 0 Å². The largest absolute Gasteiger partial charge is 0.465 e. The van der Waals surface area contributed by atoms with E-state index in [0.717, 1.165) is 10.8 Å². The predicted octanol–water partition coefficient (Wildman–Crippen LogP) is 2.74. The maximum absolute atomic E-state index is 12.7. The van der Waals surface area contributed by atoms with E-state index in [2.05, 4.69) is 9.72 Å². The summed E-state index contributed by atoms with van der Waals surface area (Å²) in [5.41, 5.74) is 0.843. The second-order valence-corrected chi connectivity index (χ2v) is 4.07. The van der Waals surface area contributed by atoms with Crippen LogP contribution in [0.4, 0.5) is 13.2 Å². The second-order valence-electron chi connectivity index (χ2n) is 4.07. The van der Waals surface area contributed by atoms with Gasteiger partial charge in [-0.15, -0.1) is 0 Å². The number of halogens is 3. The molecule has 0 saturated heterocycles. The molecule has 1 aromatic carbocycles. The van der Waals surface area contributed by atoms with Crippen LogP contribution in [0.3, 0.4) is 0 Å². The molecule has 0 radical (unpaired) electrons. The van der Waals surface area contributed by atoms with Gasteiger partial charge >= 0.3 is 12.1 Å². The van der Waals surface area contributed by atoms with E-state index >= 15 is 0 Å². The van der Waals surface area contributed by atoms with Gasteiger partial charge in [0, 0.05) is 18.9 Å². The van der Waals surface area contributed by atoms with Crippen LogP contribution in [-0.4, -0.2) is 22.6 Å². The fourth-order valence-electron chi connectivity index (χ4n) is 1.80. The van der Waals surface area contributed by atoms with Crippen molar-refractivity contribution >= 4 is 5.97 Å². The Morgan fingerprint density at radius 3 is 2.80 bits per heavy atom. The number of hydrogen-bond acceptors (Lipinski definition) is 3. The van der Waals surface area contributed by atoms with E-state index in [9.17, 15) is 18.0 Å². The topological polar surface area (TPSA) is 44.1 Å². The summed E-state index contributed by atoms with van der Waals surface area (Å²) in [5, 5.41) is 0. The molecule has 1 aromatic heterocycles. The number of esters is 1. The van der Waals surface area contributed by atoms with Gasteiger partial charge in [-0.05, 0) is 17.7 Å². The molecular weight excluding hydrogens is 273 g/mol. The number of benzene rings is 1. The molecule has 1 heterocycles. The highest BCUT2D eigenvalue weighted by atomic mass is 19.4. The van der Waals surface area contributed by atoms with Crippen LogP contribution in [0.15, 0.2) is 36.7 Å². The van der Waals surface area contributed by atoms with Crippen molar-refractivity contribution in [1.82, 2.24) is 9.55 Å². The number of rotatable bonds is 3. The third-order valence-corrected chi connectivity index (χ3v) is 2.67. The average molecular weight is 284 g/mol. The SMILES string of the molecule is COC(=O)c1cccc(Cn2ccnc2C(F)(F)F)c1. The first-order valence-electron chi connectivity index (χ1n) is 5.67. The zero-order valence-electron chi connectivity index (χ0n) is 10.5. The van der Waals surface area contributed by atoms with Crippen molar-refractivity contribution in [3.63, 3.8) is 0 Å². The highest BCUT2D eigenvalue weighted by Gasteiger charge is 2.35. The molecule has 0 aliphatic carbocycles. The highest BCUT2D eigenvalue weighted by molar-refractivity contribution is 5.89. The first-order chi connectivity index (χ1) is 9.41. The number of hydrogen-bond donors (Lipinski definition) is 0. The smallest absolute Gasteiger partial charge is 0.449 e. The molecular formula is C13H11F3N2O2. The van der Waals surface area contributed by atoms with Crippen LogP contribution in [0.1, 0.15) is 21.7 Å². The lowest BCUT2D eigenvalue weighted by molar-refractivity contribution is -0.147. The number of alkyl halides is 3. The number of carbonyl (C=O) groups excluding carboxylic acids is 1. The number of aromatic nitrogens is 2. The van der Waals surface area contributed by atoms with Crippen LogP contribution in [0.25, 0.3) is 0 Å². The molecule has 0 spiro atoms. The van der Waals surface area contributed by atoms with Gasteiger partial charge in [0.05, 0.1) is 12.7 Å². The Morgan fingerprint density at radius 2 is 2.15 bits per heavy atom. The van der Waals surface area contributed by atoms with Gasteiger partial charge in [0.25, 0.3) is 0 Å². The third-order valence-electron chi connectivity index (χ3n) is 2.67. The maximum Gasteiger partial charge on any atom is 0.449 e. The molecule has 0 amide bonds. The molecule has 4 nitrogen and oxygen atoms in total. The molecule has 0 unspecified atom stereocenters. The summed E-state index contributed by atoms with van der Waals surface area (Å²) >= 11 is 0. The standard InChI is InChI=1S/C13H11F3N2O2/c1-20-11(19)10-4-2-3-9(7-10)8-18-6-5-17-12(18)13(14,15)16/h2-7H,8H2,1H3. The minimum Gasteiger partial charge on any atom is -0.465 e. The summed E-state index contributed by atoms with van der Waals surface area (Å²) in [6.07, 6.45) is -2.18. The molecule has 0 saturated carbocycles. The Hall–Kier alpha value is -2.31. The van der Waals surface area contributed by atoms with Crippen molar-refractivity contribution < 1.29 is 22.7 Å². The third kappa shape index (κ3) is 2.98. The molecule has 0 aliphatic heterocycles. The fourth-order valence-corrected chi connectivity index (χ4v) is 1.80. The number of ether oxygens (including phenoxy) is 1. The lowest BCUT2D eigenvalue weighted by Gasteiger charge is -2.11. The Kier molecular flexibility index (Phi) is 3.78. The van der Waals surface area contributed by atoms with Crippen molar-refractivity contribution in [2.45, 2.75) is 12.7 Å². The molecule has 0 N–H and O–H groups in total. The number of methoxy groups -OCH3 is 1. The predicted molar refractivity (Wildman–Crippen MR) is 64.1 cm³/mol. The van der Waals surface area contributed by atoms with E-state index in [0.29, 0.717) is 11.1 Å². The minimum absolute atomic E-state index is 0.0281. The van der Waals surface area contributed by atoms with Crippen LogP contribution < -0.4 is 0 Å². The van der Waals surface area contributed by atoms with Crippen LogP contribution >= 0.6 is 0 Å². The highest BCUT2D eigenvalue weighted by Crippen LogP contribution is 2.28. The summed E-state index contributed by atoms with van der Waals surface area (Å²) in [5.74, 6) is -1.51. The first kappa shape index (κ1) is 14.1. The van der Waals surface area contributed by atoms with Gasteiger partial charge in [0.15, 0.2) is 0 Å². The van der Waals surface area contributed by atoms with Crippen molar-refractivity contribution in [2.75, 3.05) is 7.11 Å². The average Bonchev–Trinajstić information content (AvgIpc) is 2.86. The van der Waals surface area contributed by atoms with Gasteiger partial charge in [-0.3, -0.25) is 0 Å². The molecule has 106 valence electrons. The number of nitrogens with zero attached hydrogens (tertiary/aromatic N) is 2. The molecule has 7 heteroatoms. The van der Waals surface area contributed by atoms with E-state index in [1.807, 2.05) is 0 Å². The molecule has 20 heavy (non-hydrogen) atoms. The molecule has 2 aromatic rings. The maximum atomic E-state index is 12.7. The van der Waals surface area contributed by atoms with Gasteiger partial charge in [-0.25, -0.2) is 9.78 Å². The minimum atomic E-state index is -4.51. The Balaban J connectivity index is 2.27. The van der Waals surface area contributed by atoms with E-state index in [1.54, 1.807) is 12.1 Å². The molecule has 2 rings (SSSR count). The summed E-state index contributed by atoms with van der Waals surface area (Å²) in [6.45, 7) is -0.0281. The number of carbonyl (C=O) groups is 1. The summed E-state index contributed by atoms with van der Waals surface area (Å²) in [7, 11) is 1.24. The molecule has 0 bridgehead atoms. The molecule has 0 fully saturated rings. The molecule has 0 atom stereocenters. The monoisotopic (exact) mass is 284 g/mol. The van der Waals surface area contributed by atoms with Crippen LogP contribution in [0.2, 0.25) is 0 Å². The first-order valence-corrected chi connectivity index (χ1v) is 5.67. The van der Waals surface area contributed by atoms with Crippen molar-refractivity contribution in [2.24, 2.45) is 0 Å². The Labute approximate surface area is 112 Å². The summed E-state index contributed by atoms with van der Waals surface area (Å²) < 4.78 is 43.6. The lowest BCUT2D eigenvalue weighted by Crippen LogP contribution is -2.15. The Morgan fingerprint density at radius 1 is 1.40 bits per heavy atom. The van der Waals surface area contributed by atoms with Crippen molar-refractivity contribution in [3.8, 4) is 0 Å². The fraction of sp³-hybridized carbons (Fsp3) is 0.231. The zero-order valence-corrected chi connectivity index (χ0v) is 10.5. The molecule has 0 aliphatic rings. The van der Waals surface area contributed by atoms with E-state index in [-0.39, 0.29) is 6.54 Å². The summed E-state index contributed by atoms with van der Waals surface area (Å²) in [4.78, 5) is 14.7. The van der Waals surface area contributed by atoms with E-state index in [1.165, 1.54) is 25.4 Å². The quantitative estimate of drug-likeness (QED) is 0.814. The Bertz CT molecular complexity index is 620. The zero-order chi connectivity index (χ0) is 14.8. The van der Waals surface area contributed by atoms with Gasteiger partial charge in [-0.2, -0.15) is 13.2 Å². The van der Waals surface area contributed by atoms with Crippen LogP contribution in [0, 0.1) is 0 Å². The second kappa shape index (κ2) is 5.36. The van der Waals surface area contributed by atoms with Crippen LogP contribution in [-0.2, 0) is 17.5 Å². The lowest BCUT2D eigenvalue weighted by atomic mass is 10.1. The van der Waals surface area contributed by atoms with Crippen LogP contribution in [0.5, 0.6) is 0 Å². The van der Waals surface area contributed by atoms with Gasteiger partial charge < -0.3 is 9.30 Å². The van der Waals surface area contributed by atoms with E-state index < -0.39 is 18.0 Å².